The molecule has 0 bridgehead atoms. The maximum atomic E-state index is 13.5. The van der Waals surface area contributed by atoms with Gasteiger partial charge in [0.05, 0.1) is 18.2 Å². The number of likely N-dealkylation sites (N-methyl/N-ethyl adjacent to an activating group) is 1. The molecule has 0 aliphatic rings. The molecule has 0 aromatic heterocycles. The molecule has 2 atom stereocenters. The van der Waals surface area contributed by atoms with Crippen molar-refractivity contribution in [2.24, 2.45) is 0 Å². The first-order valence-electron chi connectivity index (χ1n) is 11.4. The van der Waals surface area contributed by atoms with E-state index in [1.165, 1.54) is 0 Å². The Kier molecular flexibility index (Phi) is 8.13. The maximum absolute atomic E-state index is 13.5. The minimum atomic E-state index is -1.97. The van der Waals surface area contributed by atoms with Gasteiger partial charge >= 0.3 is 0 Å². The minimum absolute atomic E-state index is 0.0464. The van der Waals surface area contributed by atoms with Crippen molar-refractivity contribution in [3.8, 4) is 0 Å². The summed E-state index contributed by atoms with van der Waals surface area (Å²) in [7, 11) is 2.16. The summed E-state index contributed by atoms with van der Waals surface area (Å²) < 4.78 is 6.70. The monoisotopic (exact) mass is 454 g/mol. The highest BCUT2D eigenvalue weighted by Gasteiger charge is 2.44. The highest BCUT2D eigenvalue weighted by Crippen LogP contribution is 2.39. The van der Waals surface area contributed by atoms with Crippen molar-refractivity contribution in [2.45, 2.75) is 71.3 Å². The van der Waals surface area contributed by atoms with Crippen LogP contribution in [0.1, 0.15) is 60.8 Å². The normalized spacial score (nSPS) is 15.3. The molecule has 0 saturated heterocycles. The van der Waals surface area contributed by atoms with Crippen molar-refractivity contribution in [1.29, 1.82) is 0 Å². The van der Waals surface area contributed by atoms with E-state index in [-0.39, 0.29) is 17.0 Å². The van der Waals surface area contributed by atoms with Crippen LogP contribution in [0.4, 0.5) is 0 Å². The van der Waals surface area contributed by atoms with Crippen LogP contribution in [0.3, 0.4) is 0 Å². The summed E-state index contributed by atoms with van der Waals surface area (Å²) in [4.78, 5) is 15.7. The van der Waals surface area contributed by atoms with E-state index in [9.17, 15) is 4.79 Å². The molecule has 4 nitrogen and oxygen atoms in total. The van der Waals surface area contributed by atoms with Crippen LogP contribution in [0, 0.1) is 13.8 Å². The van der Waals surface area contributed by atoms with Crippen LogP contribution in [0.25, 0.3) is 0 Å². The number of carbonyl (C=O) groups is 1. The Morgan fingerprint density at radius 1 is 0.969 bits per heavy atom. The van der Waals surface area contributed by atoms with Crippen LogP contribution >= 0.6 is 0 Å². The number of hydrogen-bond acceptors (Lipinski definition) is 3. The second-order valence-electron chi connectivity index (χ2n) is 10.9. The Morgan fingerprint density at radius 2 is 1.50 bits per heavy atom. The van der Waals surface area contributed by atoms with E-state index < -0.39 is 13.9 Å². The molecule has 1 amide bonds. The van der Waals surface area contributed by atoms with Gasteiger partial charge in [-0.1, -0.05) is 69.3 Å². The number of hydrogen-bond donors (Lipinski definition) is 1. The molecule has 2 unspecified atom stereocenters. The summed E-state index contributed by atoms with van der Waals surface area (Å²) in [6, 6.07) is 16.0. The fourth-order valence-corrected chi connectivity index (χ4v) is 4.72. The number of nitrogens with one attached hydrogen (secondary N) is 1. The molecule has 2 aromatic rings. The molecule has 32 heavy (non-hydrogen) atoms. The Labute approximate surface area is 196 Å². The van der Waals surface area contributed by atoms with Gasteiger partial charge in [0, 0.05) is 5.56 Å². The third-order valence-electron chi connectivity index (χ3n) is 7.29. The lowest BCUT2D eigenvalue weighted by Crippen LogP contribution is -2.58. The van der Waals surface area contributed by atoms with E-state index in [0.717, 1.165) is 22.3 Å². The van der Waals surface area contributed by atoms with Crippen LogP contribution in [0.5, 0.6) is 0 Å². The van der Waals surface area contributed by atoms with Crippen LogP contribution in [-0.2, 0) is 4.43 Å². The second kappa shape index (κ2) is 9.90. The molecule has 0 heterocycles. The van der Waals surface area contributed by atoms with E-state index >= 15 is 0 Å². The Hall–Kier alpha value is -1.95. The van der Waals surface area contributed by atoms with Gasteiger partial charge in [0.2, 0.25) is 0 Å². The molecule has 176 valence electrons. The van der Waals surface area contributed by atoms with Crippen molar-refractivity contribution in [2.75, 3.05) is 20.7 Å². The van der Waals surface area contributed by atoms with Gasteiger partial charge in [-0.25, -0.2) is 0 Å². The van der Waals surface area contributed by atoms with Crippen LogP contribution in [0.15, 0.2) is 48.5 Å². The van der Waals surface area contributed by atoms with Gasteiger partial charge in [-0.15, -0.1) is 0 Å². The molecular weight excluding hydrogens is 412 g/mol. The summed E-state index contributed by atoms with van der Waals surface area (Å²) in [5, 5.41) is 3.50. The van der Waals surface area contributed by atoms with Gasteiger partial charge in [0.25, 0.3) is 5.91 Å². The Balaban J connectivity index is 2.48. The number of rotatable bonds is 8. The van der Waals surface area contributed by atoms with Crippen LogP contribution in [-0.4, -0.2) is 45.4 Å². The van der Waals surface area contributed by atoms with Gasteiger partial charge in [-0.3, -0.25) is 9.69 Å². The van der Waals surface area contributed by atoms with Gasteiger partial charge in [-0.2, -0.15) is 0 Å². The van der Waals surface area contributed by atoms with E-state index in [1.54, 1.807) is 0 Å². The molecule has 0 saturated carbocycles. The molecule has 2 aromatic carbocycles. The predicted octanol–water partition coefficient (Wildman–Crippen LogP) is 6.12. The minimum Gasteiger partial charge on any atom is -0.415 e. The van der Waals surface area contributed by atoms with Gasteiger partial charge in [0.1, 0.15) is 0 Å². The first-order chi connectivity index (χ1) is 14.7. The summed E-state index contributed by atoms with van der Waals surface area (Å²) in [5.74, 6) is -0.0464. The summed E-state index contributed by atoms with van der Waals surface area (Å²) in [6.07, 6.45) is 0. The third-order valence-corrected chi connectivity index (χ3v) is 11.8. The number of aryl methyl sites for hydroxylation is 2. The Morgan fingerprint density at radius 3 is 1.97 bits per heavy atom. The number of nitrogens with zero attached hydrogens (tertiary/aromatic N) is 1. The largest absolute Gasteiger partial charge is 0.415 e. The lowest BCUT2D eigenvalue weighted by Gasteiger charge is -2.46. The summed E-state index contributed by atoms with van der Waals surface area (Å²) >= 11 is 0. The molecule has 0 spiro atoms. The maximum Gasteiger partial charge on any atom is 0.252 e. The van der Waals surface area contributed by atoms with Crippen LogP contribution in [0.2, 0.25) is 18.1 Å². The average molecular weight is 455 g/mol. The molecular formula is C27H42N2O2Si. The van der Waals surface area contributed by atoms with Crippen LogP contribution < -0.4 is 5.32 Å². The second-order valence-corrected chi connectivity index (χ2v) is 15.7. The van der Waals surface area contributed by atoms with Crippen molar-refractivity contribution < 1.29 is 9.22 Å². The van der Waals surface area contributed by atoms with Gasteiger partial charge in [0.15, 0.2) is 8.32 Å². The molecule has 0 aliphatic heterocycles. The highest BCUT2D eigenvalue weighted by atomic mass is 28.4. The topological polar surface area (TPSA) is 41.6 Å². The third kappa shape index (κ3) is 5.69. The summed E-state index contributed by atoms with van der Waals surface area (Å²) in [5.41, 5.74) is 3.35. The molecule has 0 aliphatic carbocycles. The zero-order valence-electron chi connectivity index (χ0n) is 21.7. The zero-order chi connectivity index (χ0) is 24.3. The van der Waals surface area contributed by atoms with Crippen molar-refractivity contribution in [3.63, 3.8) is 0 Å². The van der Waals surface area contributed by atoms with E-state index in [2.05, 4.69) is 77.2 Å². The number of carbonyl (C=O) groups excluding carboxylic acids is 1. The first kappa shape index (κ1) is 26.3. The smallest absolute Gasteiger partial charge is 0.252 e. The van der Waals surface area contributed by atoms with E-state index in [4.69, 9.17) is 4.43 Å². The Bertz CT molecular complexity index is 899. The fourth-order valence-electron chi connectivity index (χ4n) is 3.63. The van der Waals surface area contributed by atoms with Crippen molar-refractivity contribution in [3.05, 3.63) is 70.8 Å². The quantitative estimate of drug-likeness (QED) is 0.489. The van der Waals surface area contributed by atoms with Gasteiger partial charge in [-0.05, 0) is 69.7 Å². The standard InChI is InChI=1S/C27H42N2O2Si/c1-20-15-14-16-21(2)23(20)25(30)28-24(22-17-12-11-13-18-22)27(6,29(7)8)19-31-32(9,10)26(3,4)5/h11-18,24H,19H2,1-10H3,(H,28,30). The number of benzene rings is 2. The molecule has 0 radical (unpaired) electrons. The lowest BCUT2D eigenvalue weighted by molar-refractivity contribution is 0.0486. The molecule has 1 N–H and O–H groups in total. The lowest BCUT2D eigenvalue weighted by atomic mass is 9.85. The molecule has 5 heteroatoms. The van der Waals surface area contributed by atoms with Crippen molar-refractivity contribution >= 4 is 14.2 Å². The average Bonchev–Trinajstić information content (AvgIpc) is 2.70. The molecule has 2 rings (SSSR count). The fraction of sp³-hybridized carbons (Fsp3) is 0.519. The summed E-state index contributed by atoms with van der Waals surface area (Å²) in [6.45, 7) is 18.0. The zero-order valence-corrected chi connectivity index (χ0v) is 22.7. The van der Waals surface area contributed by atoms with Gasteiger partial charge < -0.3 is 9.74 Å². The predicted molar refractivity (Wildman–Crippen MR) is 138 cm³/mol. The SMILES string of the molecule is Cc1cccc(C)c1C(=O)NC(c1ccccc1)C(C)(CO[Si](C)(C)C(C)(C)C)N(C)C. The van der Waals surface area contributed by atoms with E-state index in [0.29, 0.717) is 6.61 Å². The van der Waals surface area contributed by atoms with E-state index in [1.807, 2.05) is 50.2 Å². The van der Waals surface area contributed by atoms with Crippen molar-refractivity contribution in [1.82, 2.24) is 10.2 Å². The number of amides is 1. The molecule has 0 fully saturated rings. The highest BCUT2D eigenvalue weighted by molar-refractivity contribution is 6.74. The first-order valence-corrected chi connectivity index (χ1v) is 14.3.